The molecule has 1 aromatic rings. The van der Waals surface area contributed by atoms with Crippen LogP contribution in [0.4, 0.5) is 0 Å². The lowest BCUT2D eigenvalue weighted by atomic mass is 9.82. The molecule has 2 rings (SSSR count). The van der Waals surface area contributed by atoms with Crippen LogP contribution in [0.3, 0.4) is 0 Å². The largest absolute Gasteiger partial charge is 0.463 e. The highest BCUT2D eigenvalue weighted by molar-refractivity contribution is 5.99. The van der Waals surface area contributed by atoms with Gasteiger partial charge in [-0.1, -0.05) is 12.1 Å². The van der Waals surface area contributed by atoms with Gasteiger partial charge < -0.3 is 24.7 Å². The van der Waals surface area contributed by atoms with Crippen molar-refractivity contribution in [1.29, 1.82) is 0 Å². The van der Waals surface area contributed by atoms with Crippen LogP contribution in [0.5, 0.6) is 5.75 Å². The van der Waals surface area contributed by atoms with E-state index in [-0.39, 0.29) is 43.9 Å². The summed E-state index contributed by atoms with van der Waals surface area (Å²) >= 11 is 0. The molecule has 9 nitrogen and oxygen atoms in total. The maximum atomic E-state index is 12.4. The molecule has 0 unspecified atom stereocenters. The zero-order valence-electron chi connectivity index (χ0n) is 19.7. The Morgan fingerprint density at radius 1 is 0.941 bits per heavy atom. The fraction of sp³-hybridized carbons (Fsp3) is 0.583. The monoisotopic (exact) mass is 499 g/mol. The van der Waals surface area contributed by atoms with Crippen LogP contribution in [0.1, 0.15) is 51.5 Å². The number of hydrogen-bond donors (Lipinski definition) is 1. The van der Waals surface area contributed by atoms with Crippen molar-refractivity contribution >= 4 is 36.3 Å². The fourth-order valence-electron chi connectivity index (χ4n) is 3.62. The second kappa shape index (κ2) is 15.3. The molecule has 34 heavy (non-hydrogen) atoms. The number of esters is 4. The average molecular weight is 500 g/mol. The third-order valence-corrected chi connectivity index (χ3v) is 5.52. The van der Waals surface area contributed by atoms with Crippen LogP contribution in [-0.4, -0.2) is 49.7 Å². The van der Waals surface area contributed by atoms with Gasteiger partial charge in [-0.3, -0.25) is 9.59 Å². The van der Waals surface area contributed by atoms with Gasteiger partial charge in [-0.25, -0.2) is 9.59 Å². The number of ether oxygens (including phenoxy) is 4. The molecule has 1 fully saturated rings. The maximum Gasteiger partial charge on any atom is 0.359 e. The van der Waals surface area contributed by atoms with Gasteiger partial charge in [-0.05, 0) is 76.1 Å². The molecule has 1 saturated carbocycles. The number of halogens is 1. The molecule has 1 aliphatic rings. The molecule has 0 aromatic heterocycles. The highest BCUT2D eigenvalue weighted by Gasteiger charge is 2.33. The highest BCUT2D eigenvalue weighted by atomic mass is 35.5. The van der Waals surface area contributed by atoms with E-state index in [0.717, 1.165) is 31.2 Å². The SMILES string of the molecule is CCOC(=O)C(OC(=O)CCc1ccc(OC(=O)C2CCC(CN)CC2)cc1)C(=O)OCC.Cl. The third kappa shape index (κ3) is 9.30. The van der Waals surface area contributed by atoms with E-state index in [2.05, 4.69) is 0 Å². The van der Waals surface area contributed by atoms with E-state index >= 15 is 0 Å². The van der Waals surface area contributed by atoms with Gasteiger partial charge in [0, 0.05) is 6.42 Å². The predicted molar refractivity (Wildman–Crippen MR) is 125 cm³/mol. The summed E-state index contributed by atoms with van der Waals surface area (Å²) in [6.45, 7) is 3.89. The molecular weight excluding hydrogens is 466 g/mol. The first kappa shape index (κ1) is 29.4. The van der Waals surface area contributed by atoms with Crippen LogP contribution in [-0.2, 0) is 39.8 Å². The van der Waals surface area contributed by atoms with E-state index in [9.17, 15) is 19.2 Å². The van der Waals surface area contributed by atoms with E-state index in [1.165, 1.54) is 0 Å². The Morgan fingerprint density at radius 3 is 2.00 bits per heavy atom. The Balaban J connectivity index is 0.00000578. The lowest BCUT2D eigenvalue weighted by molar-refractivity contribution is -0.180. The van der Waals surface area contributed by atoms with Gasteiger partial charge in [0.05, 0.1) is 19.1 Å². The lowest BCUT2D eigenvalue weighted by Crippen LogP contribution is -2.38. The summed E-state index contributed by atoms with van der Waals surface area (Å²) in [6, 6.07) is 6.83. The van der Waals surface area contributed by atoms with Crippen molar-refractivity contribution in [3.8, 4) is 5.75 Å². The third-order valence-electron chi connectivity index (χ3n) is 5.52. The van der Waals surface area contributed by atoms with E-state index in [4.69, 9.17) is 24.7 Å². The first-order valence-electron chi connectivity index (χ1n) is 11.4. The van der Waals surface area contributed by atoms with Crippen molar-refractivity contribution in [2.24, 2.45) is 17.6 Å². The quantitative estimate of drug-likeness (QED) is 0.211. The molecule has 1 aromatic carbocycles. The summed E-state index contributed by atoms with van der Waals surface area (Å²) < 4.78 is 20.0. The van der Waals surface area contributed by atoms with E-state index in [1.807, 2.05) is 0 Å². The van der Waals surface area contributed by atoms with E-state index in [0.29, 0.717) is 24.6 Å². The van der Waals surface area contributed by atoms with Crippen molar-refractivity contribution in [2.45, 2.75) is 58.5 Å². The van der Waals surface area contributed by atoms with Crippen LogP contribution in [0, 0.1) is 11.8 Å². The minimum absolute atomic E-state index is 0. The summed E-state index contributed by atoms with van der Waals surface area (Å²) in [5, 5.41) is 0. The molecule has 2 N–H and O–H groups in total. The number of nitrogens with two attached hydrogens (primary N) is 1. The second-order valence-corrected chi connectivity index (χ2v) is 7.89. The first-order valence-corrected chi connectivity index (χ1v) is 11.4. The number of carbonyl (C=O) groups excluding carboxylic acids is 4. The minimum Gasteiger partial charge on any atom is -0.463 e. The smallest absolute Gasteiger partial charge is 0.359 e. The topological polar surface area (TPSA) is 131 Å². The summed E-state index contributed by atoms with van der Waals surface area (Å²) in [4.78, 5) is 48.3. The molecule has 10 heteroatoms. The van der Waals surface area contributed by atoms with Gasteiger partial charge in [0.1, 0.15) is 5.75 Å². The Morgan fingerprint density at radius 2 is 1.50 bits per heavy atom. The molecule has 0 aliphatic heterocycles. The number of hydrogen-bond acceptors (Lipinski definition) is 9. The van der Waals surface area contributed by atoms with Crippen LogP contribution in [0.25, 0.3) is 0 Å². The highest BCUT2D eigenvalue weighted by Crippen LogP contribution is 2.29. The molecule has 0 spiro atoms. The van der Waals surface area contributed by atoms with Gasteiger partial charge >= 0.3 is 23.9 Å². The number of benzene rings is 1. The van der Waals surface area contributed by atoms with Crippen molar-refractivity contribution in [2.75, 3.05) is 19.8 Å². The van der Waals surface area contributed by atoms with Crippen molar-refractivity contribution in [1.82, 2.24) is 0 Å². The van der Waals surface area contributed by atoms with Crippen LogP contribution < -0.4 is 10.5 Å². The maximum absolute atomic E-state index is 12.4. The number of carbonyl (C=O) groups is 4. The Kier molecular flexibility index (Phi) is 13.2. The summed E-state index contributed by atoms with van der Waals surface area (Å²) in [5.41, 5.74) is 6.50. The molecule has 0 heterocycles. The zero-order valence-corrected chi connectivity index (χ0v) is 20.5. The lowest BCUT2D eigenvalue weighted by Gasteiger charge is -2.26. The Bertz CT molecular complexity index is 788. The first-order chi connectivity index (χ1) is 15.9. The van der Waals surface area contributed by atoms with Crippen LogP contribution >= 0.6 is 12.4 Å². The normalized spacial score (nSPS) is 17.3. The molecule has 1 aliphatic carbocycles. The molecule has 0 bridgehead atoms. The van der Waals surface area contributed by atoms with Gasteiger partial charge in [-0.2, -0.15) is 0 Å². The van der Waals surface area contributed by atoms with E-state index in [1.54, 1.807) is 38.1 Å². The minimum atomic E-state index is -1.74. The van der Waals surface area contributed by atoms with Crippen molar-refractivity contribution in [3.63, 3.8) is 0 Å². The molecule has 0 amide bonds. The standard InChI is InChI=1S/C24H33NO8.ClH/c1-3-30-23(28)21(24(29)31-4-2)33-20(26)14-9-16-7-12-19(13-8-16)32-22(27)18-10-5-17(15-25)6-11-18;/h7-8,12-13,17-18,21H,3-6,9-11,14-15,25H2,1-2H3;1H. The predicted octanol–water partition coefficient (Wildman–Crippen LogP) is 2.75. The van der Waals surface area contributed by atoms with Gasteiger partial charge in [0.2, 0.25) is 0 Å². The van der Waals surface area contributed by atoms with Crippen molar-refractivity contribution in [3.05, 3.63) is 29.8 Å². The molecule has 0 atom stereocenters. The average Bonchev–Trinajstić information content (AvgIpc) is 2.82. The molecule has 0 saturated heterocycles. The molecule has 0 radical (unpaired) electrons. The Labute approximate surface area is 206 Å². The van der Waals surface area contributed by atoms with Crippen LogP contribution in [0.15, 0.2) is 24.3 Å². The second-order valence-electron chi connectivity index (χ2n) is 7.89. The van der Waals surface area contributed by atoms with Crippen molar-refractivity contribution < 1.29 is 38.1 Å². The number of rotatable bonds is 11. The van der Waals surface area contributed by atoms with Gasteiger partial charge in [-0.15, -0.1) is 12.4 Å². The summed E-state index contributed by atoms with van der Waals surface area (Å²) in [5.74, 6) is -2.06. The zero-order chi connectivity index (χ0) is 24.2. The summed E-state index contributed by atoms with van der Waals surface area (Å²) in [6.07, 6.45) is 1.99. The fourth-order valence-corrected chi connectivity index (χ4v) is 3.62. The molecule has 190 valence electrons. The van der Waals surface area contributed by atoms with Crippen LogP contribution in [0.2, 0.25) is 0 Å². The van der Waals surface area contributed by atoms with E-state index < -0.39 is 24.0 Å². The van der Waals surface area contributed by atoms with Gasteiger partial charge in [0.25, 0.3) is 6.10 Å². The Hall–Kier alpha value is -2.65. The summed E-state index contributed by atoms with van der Waals surface area (Å²) in [7, 11) is 0. The molecular formula is C24H34ClNO8. The van der Waals surface area contributed by atoms with Gasteiger partial charge in [0.15, 0.2) is 0 Å². The number of aryl methyl sites for hydroxylation is 1.